The number of anilines is 2. The molecule has 2 N–H and O–H groups in total. The van der Waals surface area contributed by atoms with E-state index in [9.17, 15) is 4.79 Å². The number of hydrogen-bond acceptors (Lipinski definition) is 6. The van der Waals surface area contributed by atoms with Gasteiger partial charge in [-0.15, -0.1) is 0 Å². The Hall–Kier alpha value is -3.29. The summed E-state index contributed by atoms with van der Waals surface area (Å²) >= 11 is 0. The number of nitrogens with one attached hydrogen (secondary N) is 2. The number of benzene rings is 2. The first-order valence-corrected chi connectivity index (χ1v) is 10.5. The van der Waals surface area contributed by atoms with Crippen molar-refractivity contribution in [3.8, 4) is 11.4 Å². The van der Waals surface area contributed by atoms with E-state index in [0.29, 0.717) is 23.8 Å². The minimum absolute atomic E-state index is 0.214. The zero-order chi connectivity index (χ0) is 21.5. The van der Waals surface area contributed by atoms with Crippen molar-refractivity contribution in [1.29, 1.82) is 0 Å². The molecule has 7 heteroatoms. The summed E-state index contributed by atoms with van der Waals surface area (Å²) in [4.78, 5) is 24.7. The van der Waals surface area contributed by atoms with Gasteiger partial charge in [-0.05, 0) is 19.1 Å². The Morgan fingerprint density at radius 2 is 1.68 bits per heavy atom. The van der Waals surface area contributed by atoms with Gasteiger partial charge < -0.3 is 15.4 Å². The minimum atomic E-state index is -0.214. The molecule has 2 aromatic carbocycles. The molecule has 0 unspecified atom stereocenters. The number of morpholine rings is 1. The van der Waals surface area contributed by atoms with Crippen LogP contribution in [0.15, 0.2) is 60.7 Å². The lowest BCUT2D eigenvalue weighted by molar-refractivity contribution is 0.0383. The minimum Gasteiger partial charge on any atom is -0.379 e. The van der Waals surface area contributed by atoms with E-state index in [1.54, 1.807) is 0 Å². The quantitative estimate of drug-likeness (QED) is 0.614. The lowest BCUT2D eigenvalue weighted by Gasteiger charge is -2.26. The number of rotatable bonds is 7. The lowest BCUT2D eigenvalue weighted by Crippen LogP contribution is -2.41. The van der Waals surface area contributed by atoms with Gasteiger partial charge in [-0.25, -0.2) is 9.97 Å². The summed E-state index contributed by atoms with van der Waals surface area (Å²) in [5, 5.41) is 6.35. The van der Waals surface area contributed by atoms with E-state index in [0.717, 1.165) is 49.8 Å². The van der Waals surface area contributed by atoms with Gasteiger partial charge in [0.25, 0.3) is 5.91 Å². The third-order valence-corrected chi connectivity index (χ3v) is 5.20. The second-order valence-corrected chi connectivity index (χ2v) is 7.42. The fourth-order valence-electron chi connectivity index (χ4n) is 3.51. The molecule has 0 spiro atoms. The molecular formula is C24H27N5O2. The topological polar surface area (TPSA) is 79.4 Å². The number of carbonyl (C=O) groups excluding carboxylic acids is 1. The van der Waals surface area contributed by atoms with E-state index >= 15 is 0 Å². The Balaban J connectivity index is 1.58. The molecule has 3 aromatic rings. The largest absolute Gasteiger partial charge is 0.379 e. The summed E-state index contributed by atoms with van der Waals surface area (Å²) in [5.41, 5.74) is 3.44. The zero-order valence-electron chi connectivity index (χ0n) is 17.7. The molecule has 7 nitrogen and oxygen atoms in total. The second-order valence-electron chi connectivity index (χ2n) is 7.42. The maximum absolute atomic E-state index is 13.1. The van der Waals surface area contributed by atoms with E-state index in [1.165, 1.54) is 0 Å². The highest BCUT2D eigenvalue weighted by molar-refractivity contribution is 5.99. The third-order valence-electron chi connectivity index (χ3n) is 5.20. The molecule has 2 heterocycles. The van der Waals surface area contributed by atoms with Crippen molar-refractivity contribution in [1.82, 2.24) is 20.2 Å². The van der Waals surface area contributed by atoms with Crippen LogP contribution in [-0.2, 0) is 4.74 Å². The standard InChI is InChI=1S/C24H27N5O2/c1-18-21(27-20-10-6-3-7-11-20)22(28-23(26-18)19-8-4-2-5-9-19)24(30)25-12-13-29-14-16-31-17-15-29/h2-11,27H,12-17H2,1H3,(H,25,30). The van der Waals surface area contributed by atoms with Gasteiger partial charge in [0.15, 0.2) is 11.5 Å². The average molecular weight is 418 g/mol. The van der Waals surface area contributed by atoms with Crippen LogP contribution < -0.4 is 10.6 Å². The number of nitrogens with zero attached hydrogens (tertiary/aromatic N) is 3. The summed E-state index contributed by atoms with van der Waals surface area (Å²) in [6.45, 7) is 6.49. The summed E-state index contributed by atoms with van der Waals surface area (Å²) in [5.74, 6) is 0.324. The highest BCUT2D eigenvalue weighted by Gasteiger charge is 2.20. The van der Waals surface area contributed by atoms with Gasteiger partial charge in [0, 0.05) is 37.4 Å². The Bertz CT molecular complexity index is 1010. The van der Waals surface area contributed by atoms with Crippen molar-refractivity contribution >= 4 is 17.3 Å². The maximum atomic E-state index is 13.1. The van der Waals surface area contributed by atoms with Crippen LogP contribution in [-0.4, -0.2) is 60.2 Å². The number of carbonyl (C=O) groups is 1. The van der Waals surface area contributed by atoms with Gasteiger partial charge >= 0.3 is 0 Å². The van der Waals surface area contributed by atoms with E-state index in [2.05, 4.69) is 25.5 Å². The predicted molar refractivity (Wildman–Crippen MR) is 122 cm³/mol. The molecule has 0 bridgehead atoms. The SMILES string of the molecule is Cc1nc(-c2ccccc2)nc(C(=O)NCCN2CCOCC2)c1Nc1ccccc1. The number of ether oxygens (including phenoxy) is 1. The molecule has 0 saturated carbocycles. The third kappa shape index (κ3) is 5.45. The molecule has 1 saturated heterocycles. The monoisotopic (exact) mass is 417 g/mol. The Morgan fingerprint density at radius 1 is 1.00 bits per heavy atom. The second kappa shape index (κ2) is 10.1. The molecule has 160 valence electrons. The van der Waals surface area contributed by atoms with Gasteiger partial charge in [-0.1, -0.05) is 48.5 Å². The van der Waals surface area contributed by atoms with Crippen molar-refractivity contribution in [3.63, 3.8) is 0 Å². The number of amides is 1. The summed E-state index contributed by atoms with van der Waals surface area (Å²) in [6.07, 6.45) is 0. The fourth-order valence-corrected chi connectivity index (χ4v) is 3.51. The van der Waals surface area contributed by atoms with Gasteiger partial charge in [0.2, 0.25) is 0 Å². The van der Waals surface area contributed by atoms with Crippen molar-refractivity contribution < 1.29 is 9.53 Å². The van der Waals surface area contributed by atoms with Crippen LogP contribution in [0, 0.1) is 6.92 Å². The Kier molecular flexibility index (Phi) is 6.86. The van der Waals surface area contributed by atoms with Crippen molar-refractivity contribution in [2.45, 2.75) is 6.92 Å². The first-order chi connectivity index (χ1) is 15.2. The molecule has 4 rings (SSSR count). The average Bonchev–Trinajstić information content (AvgIpc) is 2.82. The number of para-hydroxylation sites is 1. The van der Waals surface area contributed by atoms with E-state index < -0.39 is 0 Å². The molecule has 0 atom stereocenters. The molecule has 0 aliphatic carbocycles. The van der Waals surface area contributed by atoms with Gasteiger partial charge in [-0.3, -0.25) is 9.69 Å². The smallest absolute Gasteiger partial charge is 0.272 e. The van der Waals surface area contributed by atoms with Crippen LogP contribution in [0.25, 0.3) is 11.4 Å². The normalized spacial score (nSPS) is 14.2. The molecule has 31 heavy (non-hydrogen) atoms. The molecule has 0 radical (unpaired) electrons. The predicted octanol–water partition coefficient (Wildman–Crippen LogP) is 3.26. The maximum Gasteiger partial charge on any atom is 0.272 e. The van der Waals surface area contributed by atoms with E-state index in [-0.39, 0.29) is 5.91 Å². The summed E-state index contributed by atoms with van der Waals surface area (Å²) in [6, 6.07) is 19.4. The first-order valence-electron chi connectivity index (χ1n) is 10.5. The lowest BCUT2D eigenvalue weighted by atomic mass is 10.1. The number of aromatic nitrogens is 2. The Labute approximate surface area is 182 Å². The van der Waals surface area contributed by atoms with Crippen LogP contribution in [0.1, 0.15) is 16.2 Å². The highest BCUT2D eigenvalue weighted by atomic mass is 16.5. The summed E-state index contributed by atoms with van der Waals surface area (Å²) in [7, 11) is 0. The first kappa shape index (κ1) is 21.0. The number of hydrogen-bond donors (Lipinski definition) is 2. The van der Waals surface area contributed by atoms with Crippen LogP contribution in [0.5, 0.6) is 0 Å². The van der Waals surface area contributed by atoms with Gasteiger partial charge in [0.05, 0.1) is 24.6 Å². The fraction of sp³-hybridized carbons (Fsp3) is 0.292. The zero-order valence-corrected chi connectivity index (χ0v) is 17.7. The molecule has 1 aliphatic heterocycles. The van der Waals surface area contributed by atoms with Crippen LogP contribution in [0.3, 0.4) is 0 Å². The van der Waals surface area contributed by atoms with Crippen LogP contribution in [0.4, 0.5) is 11.4 Å². The van der Waals surface area contributed by atoms with Gasteiger partial charge in [0.1, 0.15) is 0 Å². The molecule has 1 amide bonds. The van der Waals surface area contributed by atoms with E-state index in [4.69, 9.17) is 4.74 Å². The van der Waals surface area contributed by atoms with E-state index in [1.807, 2.05) is 67.6 Å². The van der Waals surface area contributed by atoms with Crippen molar-refractivity contribution in [2.75, 3.05) is 44.7 Å². The van der Waals surface area contributed by atoms with Crippen molar-refractivity contribution in [3.05, 3.63) is 72.1 Å². The van der Waals surface area contributed by atoms with Crippen LogP contribution in [0.2, 0.25) is 0 Å². The van der Waals surface area contributed by atoms with Crippen LogP contribution >= 0.6 is 0 Å². The summed E-state index contributed by atoms with van der Waals surface area (Å²) < 4.78 is 5.38. The molecule has 1 aliphatic rings. The molecule has 1 aromatic heterocycles. The van der Waals surface area contributed by atoms with Gasteiger partial charge in [-0.2, -0.15) is 0 Å². The molecule has 1 fully saturated rings. The number of aryl methyl sites for hydroxylation is 1. The Morgan fingerprint density at radius 3 is 2.39 bits per heavy atom. The molecular weight excluding hydrogens is 390 g/mol. The van der Waals surface area contributed by atoms with Crippen molar-refractivity contribution in [2.24, 2.45) is 0 Å². The highest BCUT2D eigenvalue weighted by Crippen LogP contribution is 2.26.